The van der Waals surface area contributed by atoms with Crippen molar-refractivity contribution >= 4 is 5.91 Å². The van der Waals surface area contributed by atoms with E-state index in [0.29, 0.717) is 19.1 Å². The highest BCUT2D eigenvalue weighted by atomic mass is 16.1. The predicted octanol–water partition coefficient (Wildman–Crippen LogP) is -0.421. The number of carbonyl (C=O) groups is 1. The van der Waals surface area contributed by atoms with Crippen molar-refractivity contribution in [2.45, 2.75) is 31.7 Å². The van der Waals surface area contributed by atoms with E-state index in [9.17, 15) is 4.79 Å². The van der Waals surface area contributed by atoms with Crippen molar-refractivity contribution in [1.29, 1.82) is 0 Å². The molecule has 0 unspecified atom stereocenters. The van der Waals surface area contributed by atoms with Gasteiger partial charge in [-0.1, -0.05) is 0 Å². The smallest absolute Gasteiger partial charge is 0.223 e. The topological polar surface area (TPSA) is 81.1 Å². The van der Waals surface area contributed by atoms with Crippen LogP contribution in [0.2, 0.25) is 0 Å². The Kier molecular flexibility index (Phi) is 4.18. The lowest BCUT2D eigenvalue weighted by atomic mass is 9.86. The number of carbonyl (C=O) groups excluding carboxylic acids is 1. The Bertz CT molecular complexity index is 164. The Morgan fingerprint density at radius 1 is 1.31 bits per heavy atom. The first-order chi connectivity index (χ1) is 6.24. The molecule has 0 aliphatic heterocycles. The highest BCUT2D eigenvalue weighted by molar-refractivity contribution is 5.78. The predicted molar refractivity (Wildman–Crippen MR) is 52.0 cm³/mol. The van der Waals surface area contributed by atoms with Crippen molar-refractivity contribution in [3.63, 3.8) is 0 Å². The summed E-state index contributed by atoms with van der Waals surface area (Å²) in [5.41, 5.74) is 11.0. The van der Waals surface area contributed by atoms with Crippen LogP contribution in [0.15, 0.2) is 0 Å². The van der Waals surface area contributed by atoms with Crippen molar-refractivity contribution in [2.24, 2.45) is 17.4 Å². The van der Waals surface area contributed by atoms with E-state index in [1.165, 1.54) is 0 Å². The van der Waals surface area contributed by atoms with E-state index in [0.717, 1.165) is 25.7 Å². The van der Waals surface area contributed by atoms with Crippen LogP contribution < -0.4 is 16.8 Å². The molecule has 0 spiro atoms. The fourth-order valence-corrected chi connectivity index (χ4v) is 1.72. The van der Waals surface area contributed by atoms with E-state index in [1.807, 2.05) is 0 Å². The third-order valence-electron chi connectivity index (χ3n) is 2.59. The molecular weight excluding hydrogens is 166 g/mol. The largest absolute Gasteiger partial charge is 0.355 e. The molecule has 1 rings (SSSR count). The summed E-state index contributed by atoms with van der Waals surface area (Å²) >= 11 is 0. The molecule has 0 aromatic heterocycles. The van der Waals surface area contributed by atoms with Crippen LogP contribution in [0, 0.1) is 5.92 Å². The van der Waals surface area contributed by atoms with Crippen LogP contribution in [-0.4, -0.2) is 25.0 Å². The Morgan fingerprint density at radius 2 is 1.92 bits per heavy atom. The first-order valence-corrected chi connectivity index (χ1v) is 4.97. The molecule has 0 aromatic carbocycles. The second kappa shape index (κ2) is 5.19. The minimum Gasteiger partial charge on any atom is -0.355 e. The van der Waals surface area contributed by atoms with Gasteiger partial charge in [0.25, 0.3) is 0 Å². The molecule has 0 atom stereocenters. The molecule has 0 heterocycles. The second-order valence-electron chi connectivity index (χ2n) is 3.69. The number of hydrogen-bond acceptors (Lipinski definition) is 3. The zero-order valence-electron chi connectivity index (χ0n) is 7.96. The zero-order chi connectivity index (χ0) is 9.68. The van der Waals surface area contributed by atoms with E-state index in [-0.39, 0.29) is 11.8 Å². The maximum atomic E-state index is 11.5. The van der Waals surface area contributed by atoms with Gasteiger partial charge < -0.3 is 16.8 Å². The second-order valence-corrected chi connectivity index (χ2v) is 3.69. The van der Waals surface area contributed by atoms with Crippen molar-refractivity contribution in [3.05, 3.63) is 0 Å². The highest BCUT2D eigenvalue weighted by Crippen LogP contribution is 2.22. The van der Waals surface area contributed by atoms with Gasteiger partial charge >= 0.3 is 0 Å². The molecule has 1 fully saturated rings. The van der Waals surface area contributed by atoms with E-state index >= 15 is 0 Å². The van der Waals surface area contributed by atoms with Gasteiger partial charge in [0, 0.05) is 25.0 Å². The van der Waals surface area contributed by atoms with Crippen LogP contribution in [0.1, 0.15) is 25.7 Å². The normalized spacial score (nSPS) is 28.5. The highest BCUT2D eigenvalue weighted by Gasteiger charge is 2.23. The molecule has 1 saturated carbocycles. The first-order valence-electron chi connectivity index (χ1n) is 4.97. The van der Waals surface area contributed by atoms with Gasteiger partial charge in [-0.05, 0) is 25.7 Å². The number of amides is 1. The minimum atomic E-state index is 0.150. The lowest BCUT2D eigenvalue weighted by Crippen LogP contribution is -2.38. The van der Waals surface area contributed by atoms with E-state index in [4.69, 9.17) is 11.5 Å². The molecule has 13 heavy (non-hydrogen) atoms. The number of hydrogen-bond donors (Lipinski definition) is 3. The maximum absolute atomic E-state index is 11.5. The average molecular weight is 185 g/mol. The molecule has 1 aliphatic carbocycles. The minimum absolute atomic E-state index is 0.150. The fraction of sp³-hybridized carbons (Fsp3) is 0.889. The lowest BCUT2D eigenvalue weighted by molar-refractivity contribution is -0.125. The van der Waals surface area contributed by atoms with Crippen LogP contribution in [-0.2, 0) is 4.79 Å². The Morgan fingerprint density at radius 3 is 2.46 bits per heavy atom. The van der Waals surface area contributed by atoms with E-state index < -0.39 is 0 Å². The Hall–Kier alpha value is -0.610. The van der Waals surface area contributed by atoms with Crippen molar-refractivity contribution in [3.8, 4) is 0 Å². The summed E-state index contributed by atoms with van der Waals surface area (Å²) in [4.78, 5) is 11.5. The SMILES string of the molecule is NCCNC(=O)C1CCC(N)CC1. The van der Waals surface area contributed by atoms with Crippen molar-refractivity contribution in [1.82, 2.24) is 5.32 Å². The van der Waals surface area contributed by atoms with Crippen LogP contribution in [0.5, 0.6) is 0 Å². The zero-order valence-corrected chi connectivity index (χ0v) is 7.96. The van der Waals surface area contributed by atoms with Crippen molar-refractivity contribution in [2.75, 3.05) is 13.1 Å². The summed E-state index contributed by atoms with van der Waals surface area (Å²) in [5.74, 6) is 0.323. The third kappa shape index (κ3) is 3.32. The van der Waals surface area contributed by atoms with Crippen LogP contribution in [0.3, 0.4) is 0 Å². The monoisotopic (exact) mass is 185 g/mol. The number of rotatable bonds is 3. The standard InChI is InChI=1S/C9H19N3O/c10-5-6-12-9(13)7-1-3-8(11)4-2-7/h7-8H,1-6,10-11H2,(H,12,13). The Labute approximate surface area is 79.0 Å². The van der Waals surface area contributed by atoms with Gasteiger partial charge in [0.05, 0.1) is 0 Å². The summed E-state index contributed by atoms with van der Waals surface area (Å²) < 4.78 is 0. The lowest BCUT2D eigenvalue weighted by Gasteiger charge is -2.24. The summed E-state index contributed by atoms with van der Waals surface area (Å²) in [7, 11) is 0. The van der Waals surface area contributed by atoms with Crippen LogP contribution in [0.25, 0.3) is 0 Å². The van der Waals surface area contributed by atoms with Gasteiger partial charge in [0.15, 0.2) is 0 Å². The van der Waals surface area contributed by atoms with Crippen LogP contribution >= 0.6 is 0 Å². The Balaban J connectivity index is 2.23. The summed E-state index contributed by atoms with van der Waals surface area (Å²) in [6.07, 6.45) is 3.80. The van der Waals surface area contributed by atoms with E-state index in [2.05, 4.69) is 5.32 Å². The third-order valence-corrected chi connectivity index (χ3v) is 2.59. The molecule has 1 aliphatic rings. The summed E-state index contributed by atoms with van der Waals surface area (Å²) in [6, 6.07) is 0.304. The van der Waals surface area contributed by atoms with Gasteiger partial charge in [-0.15, -0.1) is 0 Å². The van der Waals surface area contributed by atoms with Gasteiger partial charge in [-0.3, -0.25) is 4.79 Å². The van der Waals surface area contributed by atoms with E-state index in [1.54, 1.807) is 0 Å². The molecular formula is C9H19N3O. The van der Waals surface area contributed by atoms with Crippen molar-refractivity contribution < 1.29 is 4.79 Å². The van der Waals surface area contributed by atoms with Gasteiger partial charge in [0.2, 0.25) is 5.91 Å². The van der Waals surface area contributed by atoms with Gasteiger partial charge in [-0.2, -0.15) is 0 Å². The molecule has 4 heteroatoms. The molecule has 1 amide bonds. The van der Waals surface area contributed by atoms with Gasteiger partial charge in [0.1, 0.15) is 0 Å². The molecule has 76 valence electrons. The number of nitrogens with one attached hydrogen (secondary N) is 1. The molecule has 5 N–H and O–H groups in total. The molecule has 0 radical (unpaired) electrons. The summed E-state index contributed by atoms with van der Waals surface area (Å²) in [6.45, 7) is 1.10. The molecule has 4 nitrogen and oxygen atoms in total. The molecule has 0 bridgehead atoms. The van der Waals surface area contributed by atoms with Gasteiger partial charge in [-0.25, -0.2) is 0 Å². The maximum Gasteiger partial charge on any atom is 0.223 e. The molecule has 0 aromatic rings. The average Bonchev–Trinajstić information content (AvgIpc) is 2.15. The first kappa shape index (κ1) is 10.5. The fourth-order valence-electron chi connectivity index (χ4n) is 1.72. The molecule has 0 saturated heterocycles. The number of nitrogens with two attached hydrogens (primary N) is 2. The van der Waals surface area contributed by atoms with Crippen LogP contribution in [0.4, 0.5) is 0 Å². The quantitative estimate of drug-likeness (QED) is 0.558. The summed E-state index contributed by atoms with van der Waals surface area (Å²) in [5, 5.41) is 2.81.